The van der Waals surface area contributed by atoms with Crippen LogP contribution >= 0.6 is 0 Å². The topological polar surface area (TPSA) is 74.0 Å². The minimum atomic E-state index is -5.49. The number of carbonyl (C=O) groups excluding carboxylic acids is 1. The highest BCUT2D eigenvalue weighted by molar-refractivity contribution is 6.03. The Morgan fingerprint density at radius 3 is 2.20 bits per heavy atom. The number of hydrogen-bond acceptors (Lipinski definition) is 4. The summed E-state index contributed by atoms with van der Waals surface area (Å²) >= 11 is 0. The fourth-order valence-corrected chi connectivity index (χ4v) is 1.96. The van der Waals surface area contributed by atoms with Crippen molar-refractivity contribution < 1.29 is 45.0 Å². The maximum atomic E-state index is 13.6. The quantitative estimate of drug-likeness (QED) is 0.264. The molecule has 5 nitrogen and oxygen atoms in total. The highest BCUT2D eigenvalue weighted by Crippen LogP contribution is 2.32. The Labute approximate surface area is 162 Å². The van der Waals surface area contributed by atoms with Crippen molar-refractivity contribution in [1.29, 1.82) is 0 Å². The Morgan fingerprint density at radius 1 is 0.967 bits per heavy atom. The van der Waals surface area contributed by atoms with Crippen molar-refractivity contribution in [3.8, 4) is 0 Å². The zero-order valence-corrected chi connectivity index (χ0v) is 14.3. The van der Waals surface area contributed by atoms with Crippen LogP contribution in [0, 0.1) is 11.6 Å². The van der Waals surface area contributed by atoms with Crippen LogP contribution in [0.3, 0.4) is 0 Å². The van der Waals surface area contributed by atoms with Crippen molar-refractivity contribution >= 4 is 17.3 Å². The predicted octanol–water partition coefficient (Wildman–Crippen LogP) is 6.04. The number of azo groups is 1. The highest BCUT2D eigenvalue weighted by Gasteiger charge is 2.39. The monoisotopic (exact) mass is 439 g/mol. The van der Waals surface area contributed by atoms with Crippen molar-refractivity contribution in [2.75, 3.05) is 5.32 Å². The molecular formula is C17H9F8N3O2. The molecule has 0 aliphatic carbocycles. The summed E-state index contributed by atoms with van der Waals surface area (Å²) in [4.78, 5) is 12.1. The lowest BCUT2D eigenvalue weighted by molar-refractivity contribution is -0.137. The fraction of sp³-hybridized carbons (Fsp3) is 0.118. The van der Waals surface area contributed by atoms with E-state index in [0.717, 1.165) is 12.1 Å². The van der Waals surface area contributed by atoms with Gasteiger partial charge in [0.25, 0.3) is 5.91 Å². The number of anilines is 1. The third-order valence-electron chi connectivity index (χ3n) is 3.33. The van der Waals surface area contributed by atoms with Crippen LogP contribution in [0.1, 0.15) is 5.56 Å². The van der Waals surface area contributed by atoms with Crippen molar-refractivity contribution in [1.82, 2.24) is 0 Å². The SMILES string of the molecule is O=C(Nc1ccc(F)cc1F)/C(N=Nc1cccc(C(F)(F)F)c1)=C(\O)C(F)(F)F. The first kappa shape index (κ1) is 22.8. The van der Waals surface area contributed by atoms with E-state index in [2.05, 4.69) is 10.2 Å². The van der Waals surface area contributed by atoms with Gasteiger partial charge in [-0.05, 0) is 30.3 Å². The molecule has 0 spiro atoms. The van der Waals surface area contributed by atoms with E-state index in [1.54, 1.807) is 5.32 Å². The van der Waals surface area contributed by atoms with E-state index in [9.17, 15) is 45.0 Å². The molecule has 0 aliphatic heterocycles. The van der Waals surface area contributed by atoms with Crippen LogP contribution in [0.4, 0.5) is 46.5 Å². The standard InChI is InChI=1S/C17H9F8N3O2/c18-9-4-5-12(11(19)7-9)26-15(30)13(14(29)17(23,24)25)28-27-10-3-1-2-8(6-10)16(20,21)22/h1-7,29H,(H,26,30)/b14-13+,28-27?. The minimum absolute atomic E-state index is 0.326. The molecule has 1 amide bonds. The Hall–Kier alpha value is -3.51. The average molecular weight is 439 g/mol. The molecule has 0 heterocycles. The van der Waals surface area contributed by atoms with Crippen LogP contribution in [0.5, 0.6) is 0 Å². The summed E-state index contributed by atoms with van der Waals surface area (Å²) in [7, 11) is 0. The number of halogens is 8. The maximum absolute atomic E-state index is 13.6. The van der Waals surface area contributed by atoms with Crippen molar-refractivity contribution in [3.63, 3.8) is 0 Å². The predicted molar refractivity (Wildman–Crippen MR) is 86.7 cm³/mol. The fourth-order valence-electron chi connectivity index (χ4n) is 1.96. The van der Waals surface area contributed by atoms with E-state index < -0.39 is 58.3 Å². The third-order valence-corrected chi connectivity index (χ3v) is 3.33. The van der Waals surface area contributed by atoms with Crippen molar-refractivity contribution in [2.45, 2.75) is 12.4 Å². The van der Waals surface area contributed by atoms with Gasteiger partial charge in [0.05, 0.1) is 16.9 Å². The lowest BCUT2D eigenvalue weighted by atomic mass is 10.2. The second-order valence-corrected chi connectivity index (χ2v) is 5.52. The molecule has 2 aromatic carbocycles. The first-order valence-corrected chi connectivity index (χ1v) is 7.65. The summed E-state index contributed by atoms with van der Waals surface area (Å²) in [6.07, 6.45) is -10.3. The second-order valence-electron chi connectivity index (χ2n) is 5.52. The van der Waals surface area contributed by atoms with Crippen LogP contribution in [0.2, 0.25) is 0 Å². The molecule has 0 saturated heterocycles. The van der Waals surface area contributed by atoms with Gasteiger partial charge < -0.3 is 10.4 Å². The van der Waals surface area contributed by atoms with Crippen molar-refractivity contribution in [3.05, 3.63) is 71.1 Å². The number of rotatable bonds is 4. The van der Waals surface area contributed by atoms with E-state index in [1.165, 1.54) is 0 Å². The summed E-state index contributed by atoms with van der Waals surface area (Å²) in [5.41, 5.74) is -4.29. The van der Waals surface area contributed by atoms with E-state index in [0.29, 0.717) is 30.3 Å². The summed E-state index contributed by atoms with van der Waals surface area (Å²) in [5.74, 6) is -6.71. The van der Waals surface area contributed by atoms with Crippen LogP contribution < -0.4 is 5.32 Å². The molecule has 160 valence electrons. The number of alkyl halides is 6. The van der Waals surface area contributed by atoms with Crippen LogP contribution in [-0.2, 0) is 11.0 Å². The molecule has 2 rings (SSSR count). The molecule has 13 heteroatoms. The van der Waals surface area contributed by atoms with E-state index >= 15 is 0 Å². The Balaban J connectivity index is 2.42. The molecule has 0 aliphatic rings. The molecule has 0 fully saturated rings. The smallest absolute Gasteiger partial charge is 0.451 e. The van der Waals surface area contributed by atoms with Crippen LogP contribution in [0.15, 0.2) is 64.1 Å². The Kier molecular flexibility index (Phi) is 6.43. The maximum Gasteiger partial charge on any atom is 0.451 e. The minimum Gasteiger partial charge on any atom is -0.503 e. The Morgan fingerprint density at radius 2 is 1.63 bits per heavy atom. The molecule has 2 N–H and O–H groups in total. The molecule has 0 unspecified atom stereocenters. The molecule has 0 radical (unpaired) electrons. The lowest BCUT2D eigenvalue weighted by Crippen LogP contribution is -2.21. The Bertz CT molecular complexity index is 1010. The van der Waals surface area contributed by atoms with Gasteiger partial charge in [0.2, 0.25) is 5.76 Å². The number of hydrogen-bond donors (Lipinski definition) is 2. The van der Waals surface area contributed by atoms with Gasteiger partial charge in [0.1, 0.15) is 11.6 Å². The molecule has 2 aromatic rings. The molecule has 0 bridgehead atoms. The number of benzene rings is 2. The van der Waals surface area contributed by atoms with E-state index in [4.69, 9.17) is 0 Å². The first-order chi connectivity index (χ1) is 13.8. The van der Waals surface area contributed by atoms with Crippen molar-refractivity contribution in [2.24, 2.45) is 10.2 Å². The summed E-state index contributed by atoms with van der Waals surface area (Å²) < 4.78 is 103. The number of allylic oxidation sites excluding steroid dienone is 1. The van der Waals surface area contributed by atoms with Gasteiger partial charge in [-0.1, -0.05) is 6.07 Å². The van der Waals surface area contributed by atoms with E-state index in [1.807, 2.05) is 0 Å². The van der Waals surface area contributed by atoms with Gasteiger partial charge in [-0.3, -0.25) is 4.79 Å². The number of amides is 1. The summed E-state index contributed by atoms with van der Waals surface area (Å²) in [6, 6.07) is 4.63. The zero-order valence-electron chi connectivity index (χ0n) is 14.3. The zero-order chi connectivity index (χ0) is 22.7. The van der Waals surface area contributed by atoms with Gasteiger partial charge in [0, 0.05) is 6.07 Å². The van der Waals surface area contributed by atoms with Gasteiger partial charge in [-0.15, -0.1) is 5.11 Å². The van der Waals surface area contributed by atoms with Crippen LogP contribution in [-0.4, -0.2) is 17.2 Å². The number of nitrogens with zero attached hydrogens (tertiary/aromatic N) is 2. The molecule has 30 heavy (non-hydrogen) atoms. The molecule has 0 saturated carbocycles. The second kappa shape index (κ2) is 8.47. The number of nitrogens with one attached hydrogen (secondary N) is 1. The summed E-state index contributed by atoms with van der Waals surface area (Å²) in [5, 5.41) is 16.9. The van der Waals surface area contributed by atoms with Gasteiger partial charge in [-0.25, -0.2) is 8.78 Å². The van der Waals surface area contributed by atoms with Gasteiger partial charge in [0.15, 0.2) is 5.70 Å². The molecule has 0 aromatic heterocycles. The number of aliphatic hydroxyl groups excluding tert-OH is 1. The number of carbonyl (C=O) groups is 1. The first-order valence-electron chi connectivity index (χ1n) is 7.65. The average Bonchev–Trinajstić information content (AvgIpc) is 2.63. The highest BCUT2D eigenvalue weighted by atomic mass is 19.4. The van der Waals surface area contributed by atoms with E-state index in [-0.39, 0.29) is 0 Å². The third kappa shape index (κ3) is 5.75. The normalized spacial score (nSPS) is 13.3. The summed E-state index contributed by atoms with van der Waals surface area (Å²) in [6.45, 7) is 0. The van der Waals surface area contributed by atoms with Gasteiger partial charge in [-0.2, -0.15) is 31.5 Å². The number of aliphatic hydroxyl groups is 1. The molecule has 0 atom stereocenters. The molecular weight excluding hydrogens is 430 g/mol. The largest absolute Gasteiger partial charge is 0.503 e. The van der Waals surface area contributed by atoms with Gasteiger partial charge >= 0.3 is 12.4 Å². The van der Waals surface area contributed by atoms with Crippen LogP contribution in [0.25, 0.3) is 0 Å². The lowest BCUT2D eigenvalue weighted by Gasteiger charge is -2.10.